The van der Waals surface area contributed by atoms with Gasteiger partial charge in [0.2, 0.25) is 0 Å². The van der Waals surface area contributed by atoms with E-state index in [9.17, 15) is 10.1 Å². The highest BCUT2D eigenvalue weighted by Crippen LogP contribution is 2.23. The Bertz CT molecular complexity index is 1020. The van der Waals surface area contributed by atoms with Gasteiger partial charge in [0, 0.05) is 34.8 Å². The van der Waals surface area contributed by atoms with Gasteiger partial charge in [0.25, 0.3) is 5.69 Å². The third kappa shape index (κ3) is 3.89. The second kappa shape index (κ2) is 7.45. The van der Waals surface area contributed by atoms with Gasteiger partial charge in [0.15, 0.2) is 0 Å². The predicted octanol–water partition coefficient (Wildman–Crippen LogP) is 5.07. The summed E-state index contributed by atoms with van der Waals surface area (Å²) in [6, 6.07) is 14.7. The zero-order valence-electron chi connectivity index (χ0n) is 15.9. The average molecular weight is 362 g/mol. The maximum Gasteiger partial charge on any atom is 0.269 e. The summed E-state index contributed by atoms with van der Waals surface area (Å²) in [5.74, 6) is 0. The number of rotatable bonds is 5. The molecule has 0 aliphatic rings. The van der Waals surface area contributed by atoms with Crippen LogP contribution in [-0.2, 0) is 0 Å². The Hall–Kier alpha value is -3.41. The van der Waals surface area contributed by atoms with Crippen molar-refractivity contribution in [1.29, 1.82) is 0 Å². The Morgan fingerprint density at radius 3 is 2.41 bits per heavy atom. The third-order valence-electron chi connectivity index (χ3n) is 4.55. The highest BCUT2D eigenvalue weighted by Gasteiger charge is 2.11. The molecule has 0 amide bonds. The molecule has 138 valence electrons. The van der Waals surface area contributed by atoms with Crippen molar-refractivity contribution in [2.24, 2.45) is 5.10 Å². The number of hydrogen-bond donors (Lipinski definition) is 1. The van der Waals surface area contributed by atoms with Crippen molar-refractivity contribution < 1.29 is 4.92 Å². The van der Waals surface area contributed by atoms with E-state index in [0.29, 0.717) is 5.69 Å². The minimum atomic E-state index is -0.421. The van der Waals surface area contributed by atoms with E-state index >= 15 is 0 Å². The van der Waals surface area contributed by atoms with Crippen LogP contribution in [0.2, 0.25) is 0 Å². The first-order chi connectivity index (χ1) is 12.9. The zero-order valence-corrected chi connectivity index (χ0v) is 15.9. The lowest BCUT2D eigenvalue weighted by Crippen LogP contribution is -2.02. The van der Waals surface area contributed by atoms with Gasteiger partial charge in [-0.2, -0.15) is 5.10 Å². The van der Waals surface area contributed by atoms with Gasteiger partial charge in [-0.1, -0.05) is 12.1 Å². The topological polar surface area (TPSA) is 72.5 Å². The van der Waals surface area contributed by atoms with Gasteiger partial charge < -0.3 is 4.57 Å². The van der Waals surface area contributed by atoms with Gasteiger partial charge in [-0.15, -0.1) is 0 Å². The zero-order chi connectivity index (χ0) is 19.6. The van der Waals surface area contributed by atoms with Crippen LogP contribution in [0.4, 0.5) is 11.4 Å². The minimum absolute atomic E-state index is 0.0570. The standard InChI is InChI=1S/C21H22N4O2/c1-14-5-6-15(2)21(11-14)24-16(3)12-18(17(24)4)13-22-23-19-7-9-20(10-8-19)25(26)27/h5-13,23H,1-4H3/b22-13+. The molecule has 0 saturated heterocycles. The van der Waals surface area contributed by atoms with E-state index in [1.807, 2.05) is 0 Å². The molecule has 0 atom stereocenters. The first-order valence-electron chi connectivity index (χ1n) is 8.67. The second-order valence-corrected chi connectivity index (χ2v) is 6.63. The quantitative estimate of drug-likeness (QED) is 0.391. The number of nitrogens with zero attached hydrogens (tertiary/aromatic N) is 3. The fourth-order valence-corrected chi connectivity index (χ4v) is 3.08. The van der Waals surface area contributed by atoms with Crippen molar-refractivity contribution in [2.45, 2.75) is 27.7 Å². The van der Waals surface area contributed by atoms with Crippen molar-refractivity contribution in [1.82, 2.24) is 4.57 Å². The number of hydrogen-bond acceptors (Lipinski definition) is 4. The van der Waals surface area contributed by atoms with Crippen LogP contribution < -0.4 is 5.43 Å². The number of anilines is 1. The van der Waals surface area contributed by atoms with Crippen LogP contribution >= 0.6 is 0 Å². The SMILES string of the molecule is Cc1ccc(C)c(-n2c(C)cc(/C=N/Nc3ccc([N+](=O)[O-])cc3)c2C)c1. The molecule has 1 aromatic heterocycles. The Morgan fingerprint density at radius 1 is 1.04 bits per heavy atom. The molecule has 6 nitrogen and oxygen atoms in total. The van der Waals surface area contributed by atoms with Crippen molar-refractivity contribution in [3.63, 3.8) is 0 Å². The van der Waals surface area contributed by atoms with Crippen LogP contribution in [0.3, 0.4) is 0 Å². The van der Waals surface area contributed by atoms with Crippen molar-refractivity contribution in [3.05, 3.63) is 86.7 Å². The van der Waals surface area contributed by atoms with E-state index in [2.05, 4.69) is 67.1 Å². The largest absolute Gasteiger partial charge is 0.318 e. The Kier molecular flexibility index (Phi) is 5.07. The fourth-order valence-electron chi connectivity index (χ4n) is 3.08. The molecule has 1 heterocycles. The summed E-state index contributed by atoms with van der Waals surface area (Å²) in [7, 11) is 0. The lowest BCUT2D eigenvalue weighted by Gasteiger charge is -2.13. The number of hydrazone groups is 1. The average Bonchev–Trinajstić information content (AvgIpc) is 2.91. The molecular weight excluding hydrogens is 340 g/mol. The fraction of sp³-hybridized carbons (Fsp3) is 0.190. The Morgan fingerprint density at radius 2 is 1.74 bits per heavy atom. The monoisotopic (exact) mass is 362 g/mol. The predicted molar refractivity (Wildman–Crippen MR) is 109 cm³/mol. The molecule has 3 rings (SSSR count). The summed E-state index contributed by atoms with van der Waals surface area (Å²) >= 11 is 0. The van der Waals surface area contributed by atoms with E-state index < -0.39 is 4.92 Å². The van der Waals surface area contributed by atoms with Gasteiger partial charge in [0.1, 0.15) is 0 Å². The van der Waals surface area contributed by atoms with Gasteiger partial charge >= 0.3 is 0 Å². The van der Waals surface area contributed by atoms with Gasteiger partial charge in [0.05, 0.1) is 16.8 Å². The lowest BCUT2D eigenvalue weighted by molar-refractivity contribution is -0.384. The molecule has 0 saturated carbocycles. The summed E-state index contributed by atoms with van der Waals surface area (Å²) in [6.45, 7) is 8.35. The first kappa shape index (κ1) is 18.4. The second-order valence-electron chi connectivity index (χ2n) is 6.63. The van der Waals surface area contributed by atoms with Crippen molar-refractivity contribution in [2.75, 3.05) is 5.43 Å². The van der Waals surface area contributed by atoms with Crippen LogP contribution in [0.1, 0.15) is 28.1 Å². The molecule has 0 spiro atoms. The molecule has 27 heavy (non-hydrogen) atoms. The molecule has 3 aromatic rings. The third-order valence-corrected chi connectivity index (χ3v) is 4.55. The number of nitro benzene ring substituents is 1. The van der Waals surface area contributed by atoms with Crippen molar-refractivity contribution >= 4 is 17.6 Å². The van der Waals surface area contributed by atoms with E-state index in [1.54, 1.807) is 18.3 Å². The molecule has 0 bridgehead atoms. The van der Waals surface area contributed by atoms with Gasteiger partial charge in [-0.05, 0) is 63.1 Å². The lowest BCUT2D eigenvalue weighted by atomic mass is 10.1. The summed E-state index contributed by atoms with van der Waals surface area (Å²) in [5.41, 5.74) is 10.5. The van der Waals surface area contributed by atoms with Crippen molar-refractivity contribution in [3.8, 4) is 5.69 Å². The maximum absolute atomic E-state index is 10.7. The number of benzene rings is 2. The first-order valence-corrected chi connectivity index (χ1v) is 8.67. The van der Waals surface area contributed by atoms with E-state index in [-0.39, 0.29) is 5.69 Å². The highest BCUT2D eigenvalue weighted by molar-refractivity contribution is 5.82. The molecule has 6 heteroatoms. The Labute approximate surface area is 158 Å². The van der Waals surface area contributed by atoms with Crippen LogP contribution in [0, 0.1) is 37.8 Å². The highest BCUT2D eigenvalue weighted by atomic mass is 16.6. The van der Waals surface area contributed by atoms with E-state index in [0.717, 1.165) is 17.0 Å². The summed E-state index contributed by atoms with van der Waals surface area (Å²) in [4.78, 5) is 10.3. The maximum atomic E-state index is 10.7. The van der Waals surface area contributed by atoms with E-state index in [1.165, 1.54) is 28.9 Å². The number of non-ortho nitro benzene ring substituents is 1. The minimum Gasteiger partial charge on any atom is -0.318 e. The van der Waals surface area contributed by atoms with Crippen LogP contribution in [0.25, 0.3) is 5.69 Å². The summed E-state index contributed by atoms with van der Waals surface area (Å²) in [5, 5.41) is 15.0. The van der Waals surface area contributed by atoms with Crippen LogP contribution in [0.5, 0.6) is 0 Å². The molecule has 0 aliphatic heterocycles. The molecular formula is C21H22N4O2. The number of aryl methyl sites for hydroxylation is 3. The molecule has 0 radical (unpaired) electrons. The summed E-state index contributed by atoms with van der Waals surface area (Å²) in [6.07, 6.45) is 1.77. The van der Waals surface area contributed by atoms with Crippen LogP contribution in [-0.4, -0.2) is 15.7 Å². The molecule has 0 fully saturated rings. The molecule has 0 aliphatic carbocycles. The molecule has 0 unspecified atom stereocenters. The number of nitro groups is 1. The number of aromatic nitrogens is 1. The van der Waals surface area contributed by atoms with Gasteiger partial charge in [-0.3, -0.25) is 15.5 Å². The normalized spacial score (nSPS) is 11.1. The number of nitrogens with one attached hydrogen (secondary N) is 1. The van der Waals surface area contributed by atoms with E-state index in [4.69, 9.17) is 0 Å². The molecule has 2 aromatic carbocycles. The van der Waals surface area contributed by atoms with Gasteiger partial charge in [-0.25, -0.2) is 0 Å². The summed E-state index contributed by atoms with van der Waals surface area (Å²) < 4.78 is 2.23. The van der Waals surface area contributed by atoms with Crippen LogP contribution in [0.15, 0.2) is 53.6 Å². The molecule has 1 N–H and O–H groups in total. The Balaban J connectivity index is 1.83. The smallest absolute Gasteiger partial charge is 0.269 e.